The summed E-state index contributed by atoms with van der Waals surface area (Å²) in [5.41, 5.74) is 4.23. The smallest absolute Gasteiger partial charge is 0.251 e. The quantitative estimate of drug-likeness (QED) is 0.787. The molecule has 2 aliphatic heterocycles. The van der Waals surface area contributed by atoms with Gasteiger partial charge in [-0.25, -0.2) is 0 Å². The number of hydrogen-bond donors (Lipinski definition) is 2. The van der Waals surface area contributed by atoms with Gasteiger partial charge in [-0.05, 0) is 49.1 Å². The standard InChI is InChI=1S/C23H29N3O3/c1-28-21-14-17-10-11-22(27)26(29-2)20(17)13-18(21)15-25-19-9-6-12-24-23(19)16-7-4-3-5-8-16/h3-5,7-8,13-14,19,23-25H,6,9-12,15H2,1-2H3/t19-,23-/m0/s1. The Labute approximate surface area is 172 Å². The van der Waals surface area contributed by atoms with Gasteiger partial charge < -0.3 is 15.4 Å². The van der Waals surface area contributed by atoms with Crippen molar-refractivity contribution in [2.75, 3.05) is 25.8 Å². The molecule has 0 aromatic heterocycles. The molecule has 0 unspecified atom stereocenters. The van der Waals surface area contributed by atoms with E-state index in [1.807, 2.05) is 12.1 Å². The summed E-state index contributed by atoms with van der Waals surface area (Å²) in [5, 5.41) is 8.78. The summed E-state index contributed by atoms with van der Waals surface area (Å²) >= 11 is 0. The predicted molar refractivity (Wildman–Crippen MR) is 113 cm³/mol. The van der Waals surface area contributed by atoms with Gasteiger partial charge in [0.1, 0.15) is 5.75 Å². The molecule has 0 radical (unpaired) electrons. The lowest BCUT2D eigenvalue weighted by Gasteiger charge is -2.34. The molecule has 2 aromatic carbocycles. The van der Waals surface area contributed by atoms with Crippen molar-refractivity contribution in [3.63, 3.8) is 0 Å². The topological polar surface area (TPSA) is 62.8 Å². The highest BCUT2D eigenvalue weighted by Crippen LogP contribution is 2.34. The van der Waals surface area contributed by atoms with E-state index < -0.39 is 0 Å². The number of anilines is 1. The fourth-order valence-electron chi connectivity index (χ4n) is 4.41. The number of hydroxylamine groups is 1. The van der Waals surface area contributed by atoms with Crippen LogP contribution < -0.4 is 20.4 Å². The molecule has 1 amide bonds. The van der Waals surface area contributed by atoms with Gasteiger partial charge in [-0.2, -0.15) is 5.06 Å². The van der Waals surface area contributed by atoms with Gasteiger partial charge in [0.05, 0.1) is 19.9 Å². The van der Waals surface area contributed by atoms with Crippen LogP contribution >= 0.6 is 0 Å². The summed E-state index contributed by atoms with van der Waals surface area (Å²) in [7, 11) is 3.23. The monoisotopic (exact) mass is 395 g/mol. The van der Waals surface area contributed by atoms with Gasteiger partial charge in [-0.1, -0.05) is 30.3 Å². The summed E-state index contributed by atoms with van der Waals surface area (Å²) in [6.07, 6.45) is 3.42. The Hall–Kier alpha value is -2.41. The molecule has 2 aromatic rings. The van der Waals surface area contributed by atoms with Crippen molar-refractivity contribution < 1.29 is 14.4 Å². The zero-order chi connectivity index (χ0) is 20.2. The zero-order valence-electron chi connectivity index (χ0n) is 17.1. The number of nitrogens with one attached hydrogen (secondary N) is 2. The summed E-state index contributed by atoms with van der Waals surface area (Å²) < 4.78 is 5.66. The molecule has 6 heteroatoms. The molecule has 0 spiro atoms. The molecule has 6 nitrogen and oxygen atoms in total. The Balaban J connectivity index is 1.55. The summed E-state index contributed by atoms with van der Waals surface area (Å²) in [5.74, 6) is 0.839. The maximum atomic E-state index is 12.2. The van der Waals surface area contributed by atoms with Gasteiger partial charge in [-0.15, -0.1) is 0 Å². The first-order valence-corrected chi connectivity index (χ1v) is 10.3. The normalized spacial score (nSPS) is 21.7. The van der Waals surface area contributed by atoms with E-state index in [9.17, 15) is 4.79 Å². The van der Waals surface area contributed by atoms with E-state index in [0.717, 1.165) is 42.0 Å². The van der Waals surface area contributed by atoms with E-state index in [1.54, 1.807) is 7.11 Å². The minimum atomic E-state index is -0.00954. The summed E-state index contributed by atoms with van der Waals surface area (Å²) in [4.78, 5) is 17.5. The van der Waals surface area contributed by atoms with Gasteiger partial charge in [-0.3, -0.25) is 9.63 Å². The molecule has 0 bridgehead atoms. The van der Waals surface area contributed by atoms with Crippen LogP contribution in [0.5, 0.6) is 5.75 Å². The van der Waals surface area contributed by atoms with E-state index >= 15 is 0 Å². The lowest BCUT2D eigenvalue weighted by Crippen LogP contribution is -2.45. The third kappa shape index (κ3) is 4.15. The van der Waals surface area contributed by atoms with Crippen molar-refractivity contribution >= 4 is 11.6 Å². The first-order chi connectivity index (χ1) is 14.2. The average Bonchev–Trinajstić information content (AvgIpc) is 2.78. The third-order valence-electron chi connectivity index (χ3n) is 5.89. The molecular weight excluding hydrogens is 366 g/mol. The zero-order valence-corrected chi connectivity index (χ0v) is 17.1. The van der Waals surface area contributed by atoms with Gasteiger partial charge in [0.15, 0.2) is 0 Å². The maximum absolute atomic E-state index is 12.2. The molecule has 154 valence electrons. The lowest BCUT2D eigenvalue weighted by atomic mass is 9.92. The van der Waals surface area contributed by atoms with Crippen LogP contribution in [0.4, 0.5) is 5.69 Å². The molecule has 1 saturated heterocycles. The van der Waals surface area contributed by atoms with Crippen molar-refractivity contribution in [1.29, 1.82) is 0 Å². The number of fused-ring (bicyclic) bond motifs is 1. The first kappa shape index (κ1) is 19.9. The number of hydrogen-bond acceptors (Lipinski definition) is 5. The van der Waals surface area contributed by atoms with Crippen LogP contribution in [0.3, 0.4) is 0 Å². The van der Waals surface area contributed by atoms with E-state index in [1.165, 1.54) is 17.7 Å². The third-order valence-corrected chi connectivity index (χ3v) is 5.89. The van der Waals surface area contributed by atoms with Crippen molar-refractivity contribution in [3.8, 4) is 5.75 Å². The number of benzene rings is 2. The molecular formula is C23H29N3O3. The molecule has 0 saturated carbocycles. The van der Waals surface area contributed by atoms with Gasteiger partial charge in [0.25, 0.3) is 5.91 Å². The number of methoxy groups -OCH3 is 1. The number of ether oxygens (including phenoxy) is 1. The van der Waals surface area contributed by atoms with Crippen molar-refractivity contribution in [3.05, 3.63) is 59.2 Å². The van der Waals surface area contributed by atoms with Crippen LogP contribution in [0.25, 0.3) is 0 Å². The van der Waals surface area contributed by atoms with E-state index in [4.69, 9.17) is 9.57 Å². The largest absolute Gasteiger partial charge is 0.496 e. The number of carbonyl (C=O) groups excluding carboxylic acids is 1. The van der Waals surface area contributed by atoms with Crippen LogP contribution in [-0.2, 0) is 22.6 Å². The fourth-order valence-corrected chi connectivity index (χ4v) is 4.41. The van der Waals surface area contributed by atoms with Gasteiger partial charge in [0, 0.05) is 30.6 Å². The second-order valence-electron chi connectivity index (χ2n) is 7.64. The van der Waals surface area contributed by atoms with Crippen molar-refractivity contribution in [1.82, 2.24) is 10.6 Å². The van der Waals surface area contributed by atoms with E-state index in [-0.39, 0.29) is 11.9 Å². The number of nitrogens with zero attached hydrogens (tertiary/aromatic N) is 1. The molecule has 0 aliphatic carbocycles. The highest BCUT2D eigenvalue weighted by atomic mass is 16.7. The molecule has 2 N–H and O–H groups in total. The second kappa shape index (κ2) is 8.95. The van der Waals surface area contributed by atoms with E-state index in [0.29, 0.717) is 25.4 Å². The molecule has 29 heavy (non-hydrogen) atoms. The molecule has 1 fully saturated rings. The Morgan fingerprint density at radius 1 is 1.17 bits per heavy atom. The molecule has 4 rings (SSSR count). The van der Waals surface area contributed by atoms with Gasteiger partial charge >= 0.3 is 0 Å². The number of carbonyl (C=O) groups is 1. The average molecular weight is 396 g/mol. The van der Waals surface area contributed by atoms with Gasteiger partial charge in [0.2, 0.25) is 0 Å². The predicted octanol–water partition coefficient (Wildman–Crippen LogP) is 3.12. The first-order valence-electron chi connectivity index (χ1n) is 10.3. The molecule has 2 aliphatic rings. The number of piperidine rings is 1. The number of aryl methyl sites for hydroxylation is 1. The van der Waals surface area contributed by atoms with Crippen LogP contribution in [-0.4, -0.2) is 32.7 Å². The Kier molecular flexibility index (Phi) is 6.13. The van der Waals surface area contributed by atoms with Crippen LogP contribution in [0.2, 0.25) is 0 Å². The van der Waals surface area contributed by atoms with E-state index in [2.05, 4.69) is 41.0 Å². The highest BCUT2D eigenvalue weighted by molar-refractivity contribution is 5.94. The summed E-state index contributed by atoms with van der Waals surface area (Å²) in [6, 6.07) is 15.3. The number of amides is 1. The molecule has 2 atom stereocenters. The summed E-state index contributed by atoms with van der Waals surface area (Å²) in [6.45, 7) is 1.70. The van der Waals surface area contributed by atoms with Crippen LogP contribution in [0.15, 0.2) is 42.5 Å². The Morgan fingerprint density at radius 3 is 2.76 bits per heavy atom. The van der Waals surface area contributed by atoms with Crippen LogP contribution in [0, 0.1) is 0 Å². The SMILES string of the molecule is COc1cc2c(cc1CN[C@H]1CCCN[C@H]1c1ccccc1)N(OC)C(=O)CC2. The van der Waals surface area contributed by atoms with Crippen LogP contribution in [0.1, 0.15) is 42.0 Å². The maximum Gasteiger partial charge on any atom is 0.251 e. The van der Waals surface area contributed by atoms with Crippen molar-refractivity contribution in [2.24, 2.45) is 0 Å². The Morgan fingerprint density at radius 2 is 2.00 bits per heavy atom. The lowest BCUT2D eigenvalue weighted by molar-refractivity contribution is -0.125. The number of rotatable bonds is 6. The fraction of sp³-hybridized carbons (Fsp3) is 0.435. The van der Waals surface area contributed by atoms with Crippen molar-refractivity contribution in [2.45, 2.75) is 44.3 Å². The minimum Gasteiger partial charge on any atom is -0.496 e. The Bertz CT molecular complexity index is 856. The minimum absolute atomic E-state index is 0.00954. The highest BCUT2D eigenvalue weighted by Gasteiger charge is 2.28. The molecule has 2 heterocycles. The second-order valence-corrected chi connectivity index (χ2v) is 7.64.